The van der Waals surface area contributed by atoms with Crippen molar-refractivity contribution in [1.82, 2.24) is 5.32 Å². The molecule has 0 radical (unpaired) electrons. The fourth-order valence-corrected chi connectivity index (χ4v) is 4.67. The number of imide groups is 2. The largest absolute Gasteiger partial charge is 0.490 e. The summed E-state index contributed by atoms with van der Waals surface area (Å²) in [6.07, 6.45) is 1.35. The van der Waals surface area contributed by atoms with Gasteiger partial charge in [0.1, 0.15) is 12.2 Å². The van der Waals surface area contributed by atoms with Crippen molar-refractivity contribution in [3.05, 3.63) is 96.1 Å². The Kier molecular flexibility index (Phi) is 8.27. The summed E-state index contributed by atoms with van der Waals surface area (Å²) in [6.45, 7) is 2.14. The molecule has 1 heterocycles. The van der Waals surface area contributed by atoms with Crippen LogP contribution in [0, 0.1) is 13.7 Å². The number of carbonyl (C=O) groups is 3. The number of carbonyl (C=O) groups excluding carboxylic acids is 3. The van der Waals surface area contributed by atoms with Crippen molar-refractivity contribution < 1.29 is 28.8 Å². The van der Waals surface area contributed by atoms with E-state index in [9.17, 15) is 24.5 Å². The highest BCUT2D eigenvalue weighted by Gasteiger charge is 2.37. The van der Waals surface area contributed by atoms with Crippen LogP contribution in [-0.4, -0.2) is 29.4 Å². The van der Waals surface area contributed by atoms with Gasteiger partial charge < -0.3 is 9.47 Å². The number of nitrogens with zero attached hydrogens (tertiary/aromatic N) is 2. The van der Waals surface area contributed by atoms with Gasteiger partial charge in [0.2, 0.25) is 0 Å². The van der Waals surface area contributed by atoms with E-state index in [1.807, 2.05) is 22.6 Å². The van der Waals surface area contributed by atoms with Crippen LogP contribution in [0.25, 0.3) is 6.08 Å². The van der Waals surface area contributed by atoms with Crippen LogP contribution in [-0.2, 0) is 16.2 Å². The maximum atomic E-state index is 13.2. The molecule has 0 spiro atoms. The minimum absolute atomic E-state index is 0.0486. The number of anilines is 1. The molecule has 3 aromatic carbocycles. The monoisotopic (exact) mass is 647 g/mol. The number of hydrogen-bond acceptors (Lipinski definition) is 7. The normalized spacial score (nSPS) is 14.4. The predicted octanol–water partition coefficient (Wildman–Crippen LogP) is 5.50. The molecule has 1 N–H and O–H groups in total. The maximum Gasteiger partial charge on any atom is 0.335 e. The van der Waals surface area contributed by atoms with Crippen molar-refractivity contribution in [1.29, 1.82) is 0 Å². The number of ether oxygens (including phenoxy) is 2. The second-order valence-electron chi connectivity index (χ2n) is 7.89. The SMILES string of the molecule is CCOc1cc(/C=C2\C(=O)NC(=O)N(c3ccccc3Cl)C2=O)cc(I)c1OCc1cccc([N+](=O)[O-])c1. The molecule has 1 aliphatic heterocycles. The van der Waals surface area contributed by atoms with Crippen molar-refractivity contribution in [3.8, 4) is 11.5 Å². The third-order valence-electron chi connectivity index (χ3n) is 5.34. The second kappa shape index (κ2) is 11.6. The number of rotatable bonds is 8. The Morgan fingerprint density at radius 1 is 1.08 bits per heavy atom. The summed E-state index contributed by atoms with van der Waals surface area (Å²) in [7, 11) is 0. The van der Waals surface area contributed by atoms with Crippen molar-refractivity contribution in [2.75, 3.05) is 11.5 Å². The van der Waals surface area contributed by atoms with Gasteiger partial charge in [0, 0.05) is 12.1 Å². The Morgan fingerprint density at radius 2 is 1.84 bits per heavy atom. The number of nitro groups is 1. The average Bonchev–Trinajstić information content (AvgIpc) is 2.87. The van der Waals surface area contributed by atoms with E-state index >= 15 is 0 Å². The smallest absolute Gasteiger partial charge is 0.335 e. The molecule has 0 saturated carbocycles. The summed E-state index contributed by atoms with van der Waals surface area (Å²) in [5.74, 6) is -0.930. The third-order valence-corrected chi connectivity index (χ3v) is 6.46. The first-order chi connectivity index (χ1) is 18.2. The van der Waals surface area contributed by atoms with Gasteiger partial charge in [-0.2, -0.15) is 0 Å². The lowest BCUT2D eigenvalue weighted by Gasteiger charge is -2.27. The summed E-state index contributed by atoms with van der Waals surface area (Å²) in [5, 5.41) is 13.4. The molecule has 0 aromatic heterocycles. The zero-order chi connectivity index (χ0) is 27.4. The van der Waals surface area contributed by atoms with Crippen LogP contribution < -0.4 is 19.7 Å². The molecule has 38 heavy (non-hydrogen) atoms. The fraction of sp³-hybridized carbons (Fsp3) is 0.115. The first-order valence-corrected chi connectivity index (χ1v) is 12.6. The van der Waals surface area contributed by atoms with E-state index < -0.39 is 22.8 Å². The second-order valence-corrected chi connectivity index (χ2v) is 9.46. The molecule has 12 heteroatoms. The van der Waals surface area contributed by atoms with Crippen LogP contribution in [0.4, 0.5) is 16.2 Å². The van der Waals surface area contributed by atoms with Gasteiger partial charge >= 0.3 is 6.03 Å². The van der Waals surface area contributed by atoms with Crippen LogP contribution >= 0.6 is 34.2 Å². The topological polar surface area (TPSA) is 128 Å². The number of para-hydroxylation sites is 1. The first-order valence-electron chi connectivity index (χ1n) is 11.2. The van der Waals surface area contributed by atoms with Gasteiger partial charge in [0.25, 0.3) is 17.5 Å². The van der Waals surface area contributed by atoms with E-state index in [0.29, 0.717) is 32.8 Å². The number of nitrogens with one attached hydrogen (secondary N) is 1. The lowest BCUT2D eigenvalue weighted by atomic mass is 10.1. The van der Waals surface area contributed by atoms with Crippen molar-refractivity contribution >= 4 is 69.5 Å². The Morgan fingerprint density at radius 3 is 2.55 bits per heavy atom. The highest BCUT2D eigenvalue weighted by atomic mass is 127. The summed E-state index contributed by atoms with van der Waals surface area (Å²) in [6, 6.07) is 14.8. The van der Waals surface area contributed by atoms with Crippen molar-refractivity contribution in [2.24, 2.45) is 0 Å². The van der Waals surface area contributed by atoms with E-state index in [0.717, 1.165) is 4.90 Å². The zero-order valence-corrected chi connectivity index (χ0v) is 22.7. The van der Waals surface area contributed by atoms with Gasteiger partial charge in [-0.15, -0.1) is 0 Å². The Labute approximate surface area is 235 Å². The van der Waals surface area contributed by atoms with E-state index in [1.54, 1.807) is 43.3 Å². The van der Waals surface area contributed by atoms with E-state index in [2.05, 4.69) is 5.32 Å². The molecule has 1 fully saturated rings. The molecular formula is C26H19ClIN3O7. The molecule has 194 valence electrons. The number of urea groups is 1. The maximum absolute atomic E-state index is 13.2. The minimum atomic E-state index is -0.903. The Hall–Kier alpha value is -3.97. The Bertz CT molecular complexity index is 1490. The van der Waals surface area contributed by atoms with Crippen LogP contribution in [0.2, 0.25) is 5.02 Å². The summed E-state index contributed by atoms with van der Waals surface area (Å²) < 4.78 is 12.3. The van der Waals surface area contributed by atoms with Crippen LogP contribution in [0.5, 0.6) is 11.5 Å². The van der Waals surface area contributed by atoms with Gasteiger partial charge in [-0.25, -0.2) is 9.69 Å². The van der Waals surface area contributed by atoms with E-state index in [1.165, 1.54) is 30.3 Å². The third kappa shape index (κ3) is 5.78. The van der Waals surface area contributed by atoms with Crippen molar-refractivity contribution in [3.63, 3.8) is 0 Å². The van der Waals surface area contributed by atoms with Gasteiger partial charge in [0.05, 0.1) is 25.8 Å². The molecule has 1 saturated heterocycles. The van der Waals surface area contributed by atoms with Crippen LogP contribution in [0.3, 0.4) is 0 Å². The van der Waals surface area contributed by atoms with Gasteiger partial charge in [-0.3, -0.25) is 25.0 Å². The minimum Gasteiger partial charge on any atom is -0.490 e. The summed E-state index contributed by atoms with van der Waals surface area (Å²) in [4.78, 5) is 49.7. The molecule has 0 aliphatic carbocycles. The van der Waals surface area contributed by atoms with Gasteiger partial charge in [0.15, 0.2) is 11.5 Å². The fourth-order valence-electron chi connectivity index (χ4n) is 3.67. The summed E-state index contributed by atoms with van der Waals surface area (Å²) >= 11 is 8.21. The molecule has 10 nitrogen and oxygen atoms in total. The molecule has 4 rings (SSSR count). The number of hydrogen-bond donors (Lipinski definition) is 1. The highest BCUT2D eigenvalue weighted by molar-refractivity contribution is 14.1. The lowest BCUT2D eigenvalue weighted by molar-refractivity contribution is -0.384. The van der Waals surface area contributed by atoms with Crippen LogP contribution in [0.15, 0.2) is 66.2 Å². The van der Waals surface area contributed by atoms with E-state index in [-0.39, 0.29) is 28.6 Å². The summed E-state index contributed by atoms with van der Waals surface area (Å²) in [5.41, 5.74) is 0.870. The molecule has 0 bridgehead atoms. The number of non-ortho nitro benzene ring substituents is 1. The number of nitro benzene ring substituents is 1. The molecule has 3 aromatic rings. The highest BCUT2D eigenvalue weighted by Crippen LogP contribution is 2.36. The molecule has 4 amide bonds. The average molecular weight is 648 g/mol. The predicted molar refractivity (Wildman–Crippen MR) is 148 cm³/mol. The quantitative estimate of drug-likeness (QED) is 0.113. The molecular weight excluding hydrogens is 629 g/mol. The van der Waals surface area contributed by atoms with E-state index in [4.69, 9.17) is 21.1 Å². The number of amides is 4. The van der Waals surface area contributed by atoms with Gasteiger partial charge in [-0.1, -0.05) is 35.9 Å². The van der Waals surface area contributed by atoms with Crippen LogP contribution in [0.1, 0.15) is 18.1 Å². The number of halogens is 2. The number of benzene rings is 3. The standard InChI is InChI=1S/C26H19ClIN3O7/c1-2-37-22-13-16(12-20(28)23(22)38-14-15-6-5-7-17(10-15)31(35)36)11-18-24(32)29-26(34)30(25(18)33)21-9-4-3-8-19(21)27/h3-13H,2,14H2,1H3,(H,29,32,34)/b18-11+. The molecule has 0 unspecified atom stereocenters. The zero-order valence-electron chi connectivity index (χ0n) is 19.8. The first kappa shape index (κ1) is 27.1. The molecule has 1 aliphatic rings. The van der Waals surface area contributed by atoms with Gasteiger partial charge in [-0.05, 0) is 71.0 Å². The van der Waals surface area contributed by atoms with Crippen molar-refractivity contribution in [2.45, 2.75) is 13.5 Å². The Balaban J connectivity index is 1.66. The lowest BCUT2D eigenvalue weighted by Crippen LogP contribution is -2.54. The number of barbiturate groups is 1. The molecule has 0 atom stereocenters.